The number of carbonyl (C=O) groups excluding carboxylic acids is 2. The van der Waals surface area contributed by atoms with Crippen LogP contribution >= 0.6 is 0 Å². The monoisotopic (exact) mass is 323 g/mol. The summed E-state index contributed by atoms with van der Waals surface area (Å²) in [7, 11) is 1.59. The number of imide groups is 1. The van der Waals surface area contributed by atoms with E-state index in [1.54, 1.807) is 25.3 Å². The lowest BCUT2D eigenvalue weighted by molar-refractivity contribution is -0.124. The zero-order valence-corrected chi connectivity index (χ0v) is 13.2. The second kappa shape index (κ2) is 7.00. The van der Waals surface area contributed by atoms with Crippen molar-refractivity contribution in [1.82, 2.24) is 4.90 Å². The summed E-state index contributed by atoms with van der Waals surface area (Å²) in [5.74, 6) is 0.341. The molecule has 2 aromatic rings. The molecule has 1 heterocycles. The normalized spacial score (nSPS) is 17.1. The first-order valence-electron chi connectivity index (χ1n) is 7.56. The second-order valence-corrected chi connectivity index (χ2v) is 5.32. The van der Waals surface area contributed by atoms with Gasteiger partial charge in [-0.3, -0.25) is 4.79 Å². The minimum atomic E-state index is -0.617. The number of nitrogens with zero attached hydrogens (tertiary/aromatic N) is 1. The Morgan fingerprint density at radius 1 is 1.17 bits per heavy atom. The van der Waals surface area contributed by atoms with E-state index in [1.165, 1.54) is 6.08 Å². The molecule has 1 atom stereocenters. The Bertz CT molecular complexity index is 753. The minimum Gasteiger partial charge on any atom is -0.497 e. The molecule has 5 nitrogen and oxygen atoms in total. The molecule has 2 amide bonds. The fourth-order valence-electron chi connectivity index (χ4n) is 2.55. The Labute approximate surface area is 140 Å². The van der Waals surface area contributed by atoms with Crippen molar-refractivity contribution in [1.29, 1.82) is 0 Å². The van der Waals surface area contributed by atoms with E-state index in [0.29, 0.717) is 0 Å². The van der Waals surface area contributed by atoms with Crippen molar-refractivity contribution in [3.05, 3.63) is 71.8 Å². The van der Waals surface area contributed by atoms with Crippen molar-refractivity contribution < 1.29 is 19.1 Å². The number of cyclic esters (lactones) is 1. The van der Waals surface area contributed by atoms with Gasteiger partial charge in [-0.2, -0.15) is 0 Å². The van der Waals surface area contributed by atoms with E-state index < -0.39 is 18.0 Å². The summed E-state index contributed by atoms with van der Waals surface area (Å²) in [6, 6.07) is 16.3. The molecular weight excluding hydrogens is 306 g/mol. The van der Waals surface area contributed by atoms with E-state index in [1.807, 2.05) is 42.5 Å². The molecule has 5 heteroatoms. The summed E-state index contributed by atoms with van der Waals surface area (Å²) in [4.78, 5) is 25.5. The fourth-order valence-corrected chi connectivity index (χ4v) is 2.55. The van der Waals surface area contributed by atoms with E-state index in [-0.39, 0.29) is 6.61 Å². The zero-order valence-electron chi connectivity index (χ0n) is 13.2. The maximum atomic E-state index is 12.4. The highest BCUT2D eigenvalue weighted by atomic mass is 16.6. The highest BCUT2D eigenvalue weighted by Crippen LogP contribution is 2.28. The highest BCUT2D eigenvalue weighted by molar-refractivity contribution is 6.02. The summed E-state index contributed by atoms with van der Waals surface area (Å²) in [6.45, 7) is 0.172. The van der Waals surface area contributed by atoms with Crippen LogP contribution in [0.1, 0.15) is 17.2 Å². The third kappa shape index (κ3) is 3.30. The number of rotatable bonds is 4. The number of methoxy groups -OCH3 is 1. The average molecular weight is 323 g/mol. The first-order valence-corrected chi connectivity index (χ1v) is 7.56. The van der Waals surface area contributed by atoms with Crippen molar-refractivity contribution in [2.75, 3.05) is 13.7 Å². The summed E-state index contributed by atoms with van der Waals surface area (Å²) in [5, 5.41) is 0. The molecule has 3 rings (SSSR count). The number of amides is 2. The summed E-state index contributed by atoms with van der Waals surface area (Å²) in [5.41, 5.74) is 1.71. The molecule has 122 valence electrons. The maximum absolute atomic E-state index is 12.4. The Balaban J connectivity index is 1.76. The molecule has 0 bridgehead atoms. The van der Waals surface area contributed by atoms with E-state index in [4.69, 9.17) is 9.47 Å². The average Bonchev–Trinajstić information content (AvgIpc) is 3.02. The lowest BCUT2D eigenvalue weighted by atomic mass is 10.1. The molecule has 1 aliphatic heterocycles. The summed E-state index contributed by atoms with van der Waals surface area (Å²) in [6.07, 6.45) is 2.42. The van der Waals surface area contributed by atoms with Gasteiger partial charge < -0.3 is 9.47 Å². The first-order chi connectivity index (χ1) is 11.7. The largest absolute Gasteiger partial charge is 0.497 e. The van der Waals surface area contributed by atoms with Crippen LogP contribution in [0.2, 0.25) is 0 Å². The Morgan fingerprint density at radius 2 is 1.88 bits per heavy atom. The van der Waals surface area contributed by atoms with Crippen molar-refractivity contribution >= 4 is 18.1 Å². The number of ether oxygens (including phenoxy) is 2. The van der Waals surface area contributed by atoms with Crippen LogP contribution in [0, 0.1) is 0 Å². The van der Waals surface area contributed by atoms with Crippen molar-refractivity contribution in [2.24, 2.45) is 0 Å². The van der Waals surface area contributed by atoms with Gasteiger partial charge in [-0.05, 0) is 29.3 Å². The molecule has 0 spiro atoms. The maximum Gasteiger partial charge on any atom is 0.417 e. The van der Waals surface area contributed by atoms with E-state index in [9.17, 15) is 9.59 Å². The molecule has 1 saturated heterocycles. The van der Waals surface area contributed by atoms with Gasteiger partial charge in [0, 0.05) is 6.08 Å². The third-order valence-corrected chi connectivity index (χ3v) is 3.83. The fraction of sp³-hybridized carbons (Fsp3) is 0.158. The van der Waals surface area contributed by atoms with E-state index in [2.05, 4.69) is 0 Å². The van der Waals surface area contributed by atoms with Crippen LogP contribution < -0.4 is 4.74 Å². The van der Waals surface area contributed by atoms with Gasteiger partial charge in [0.25, 0.3) is 5.91 Å². The van der Waals surface area contributed by atoms with E-state index >= 15 is 0 Å². The van der Waals surface area contributed by atoms with Gasteiger partial charge in [0.05, 0.1) is 7.11 Å². The molecular formula is C19H17NO4. The van der Waals surface area contributed by atoms with Crippen molar-refractivity contribution in [2.45, 2.75) is 6.04 Å². The predicted octanol–water partition coefficient (Wildman–Crippen LogP) is 3.43. The van der Waals surface area contributed by atoms with E-state index in [0.717, 1.165) is 21.8 Å². The van der Waals surface area contributed by atoms with Gasteiger partial charge in [-0.25, -0.2) is 9.69 Å². The molecule has 0 radical (unpaired) electrons. The topological polar surface area (TPSA) is 55.8 Å². The molecule has 0 N–H and O–H groups in total. The van der Waals surface area contributed by atoms with Crippen LogP contribution in [0.15, 0.2) is 60.7 Å². The lowest BCUT2D eigenvalue weighted by Crippen LogP contribution is -2.32. The number of hydrogen-bond acceptors (Lipinski definition) is 4. The van der Waals surface area contributed by atoms with Gasteiger partial charge in [0.1, 0.15) is 18.4 Å². The van der Waals surface area contributed by atoms with Crippen molar-refractivity contribution in [3.63, 3.8) is 0 Å². The lowest BCUT2D eigenvalue weighted by Gasteiger charge is -2.18. The van der Waals surface area contributed by atoms with Gasteiger partial charge >= 0.3 is 6.09 Å². The summed E-state index contributed by atoms with van der Waals surface area (Å²) >= 11 is 0. The summed E-state index contributed by atoms with van der Waals surface area (Å²) < 4.78 is 10.1. The Kier molecular flexibility index (Phi) is 4.61. The smallest absolute Gasteiger partial charge is 0.417 e. The highest BCUT2D eigenvalue weighted by Gasteiger charge is 2.37. The van der Waals surface area contributed by atoms with Crippen molar-refractivity contribution in [3.8, 4) is 5.75 Å². The van der Waals surface area contributed by atoms with Crippen LogP contribution in [0.3, 0.4) is 0 Å². The van der Waals surface area contributed by atoms with Gasteiger partial charge in [0.15, 0.2) is 0 Å². The predicted molar refractivity (Wildman–Crippen MR) is 89.4 cm³/mol. The van der Waals surface area contributed by atoms with Gasteiger partial charge in [-0.15, -0.1) is 0 Å². The number of hydrogen-bond donors (Lipinski definition) is 0. The molecule has 1 fully saturated rings. The molecule has 0 aliphatic carbocycles. The Morgan fingerprint density at radius 3 is 2.54 bits per heavy atom. The quantitative estimate of drug-likeness (QED) is 0.809. The van der Waals surface area contributed by atoms with Gasteiger partial charge in [0.2, 0.25) is 0 Å². The molecule has 2 aromatic carbocycles. The van der Waals surface area contributed by atoms with Crippen LogP contribution in [0.25, 0.3) is 6.08 Å². The van der Waals surface area contributed by atoms with Crippen LogP contribution in [-0.4, -0.2) is 30.6 Å². The molecule has 0 aromatic heterocycles. The minimum absolute atomic E-state index is 0.172. The van der Waals surface area contributed by atoms with Gasteiger partial charge in [-0.1, -0.05) is 42.5 Å². The molecule has 24 heavy (non-hydrogen) atoms. The van der Waals surface area contributed by atoms with Crippen LogP contribution in [-0.2, 0) is 9.53 Å². The standard InChI is InChI=1S/C19H17NO4/c1-23-16-10-7-14(8-11-16)9-12-18(21)20-17(13-24-19(20)22)15-5-3-2-4-6-15/h2-12,17H,13H2,1H3/b12-9+/t17-/m0/s1. The first kappa shape index (κ1) is 15.8. The third-order valence-electron chi connectivity index (χ3n) is 3.83. The molecule has 1 aliphatic rings. The SMILES string of the molecule is COc1ccc(/C=C/C(=O)N2C(=O)OC[C@H]2c2ccccc2)cc1. The second-order valence-electron chi connectivity index (χ2n) is 5.32. The Hall–Kier alpha value is -3.08. The number of carbonyl (C=O) groups is 2. The van der Waals surface area contributed by atoms with Crippen LogP contribution in [0.4, 0.5) is 4.79 Å². The zero-order chi connectivity index (χ0) is 16.9. The number of benzene rings is 2. The van der Waals surface area contributed by atoms with Crippen LogP contribution in [0.5, 0.6) is 5.75 Å². The molecule has 0 saturated carbocycles. The molecule has 0 unspecified atom stereocenters.